The first-order chi connectivity index (χ1) is 14.2. The van der Waals surface area contributed by atoms with Crippen molar-refractivity contribution in [2.75, 3.05) is 6.26 Å². The van der Waals surface area contributed by atoms with Gasteiger partial charge in [0.1, 0.15) is 11.6 Å². The van der Waals surface area contributed by atoms with Crippen LogP contribution in [0.1, 0.15) is 27.2 Å². The lowest BCUT2D eigenvalue weighted by atomic mass is 10.1. The molecule has 0 aliphatic heterocycles. The number of halogens is 1. The van der Waals surface area contributed by atoms with Gasteiger partial charge in [0.2, 0.25) is 5.75 Å². The largest absolute Gasteiger partial charge is 0.501 e. The summed E-state index contributed by atoms with van der Waals surface area (Å²) < 4.78 is 14.8. The minimum atomic E-state index is -0.757. The molecule has 6 nitrogen and oxygen atoms in total. The summed E-state index contributed by atoms with van der Waals surface area (Å²) in [5.74, 6) is -1.65. The molecule has 2 N–H and O–H groups in total. The fraction of sp³-hybridized carbons (Fsp3) is 0.227. The molecule has 2 aromatic carbocycles. The Kier molecular flexibility index (Phi) is 6.26. The molecule has 0 atom stereocenters. The lowest BCUT2D eigenvalue weighted by Gasteiger charge is -2.14. The van der Waals surface area contributed by atoms with E-state index in [0.29, 0.717) is 10.5 Å². The van der Waals surface area contributed by atoms with Gasteiger partial charge in [-0.25, -0.2) is 9.37 Å². The summed E-state index contributed by atoms with van der Waals surface area (Å²) in [5.41, 5.74) is 2.50. The molecule has 0 bridgehead atoms. The van der Waals surface area contributed by atoms with Crippen molar-refractivity contribution in [3.63, 3.8) is 0 Å². The minimum Gasteiger partial charge on any atom is -0.501 e. The second-order valence-electron chi connectivity index (χ2n) is 6.94. The predicted molar refractivity (Wildman–Crippen MR) is 115 cm³/mol. The summed E-state index contributed by atoms with van der Waals surface area (Å²) in [4.78, 5) is 30.0. The number of benzene rings is 2. The van der Waals surface area contributed by atoms with Gasteiger partial charge in [0.05, 0.1) is 0 Å². The average Bonchev–Trinajstić information content (AvgIpc) is 2.73. The third-order valence-electron chi connectivity index (χ3n) is 4.91. The Hall–Kier alpha value is -3.13. The van der Waals surface area contributed by atoms with Gasteiger partial charge in [-0.05, 0) is 55.0 Å². The fourth-order valence-corrected chi connectivity index (χ4v) is 3.63. The van der Waals surface area contributed by atoms with E-state index in [1.807, 2.05) is 32.0 Å². The molecule has 0 aliphatic rings. The fourth-order valence-electron chi connectivity index (χ4n) is 3.02. The molecule has 0 saturated carbocycles. The van der Waals surface area contributed by atoms with E-state index in [-0.39, 0.29) is 18.1 Å². The van der Waals surface area contributed by atoms with Crippen molar-refractivity contribution in [2.45, 2.75) is 25.3 Å². The summed E-state index contributed by atoms with van der Waals surface area (Å²) in [6, 6.07) is 9.90. The van der Waals surface area contributed by atoms with Crippen molar-refractivity contribution < 1.29 is 14.3 Å². The van der Waals surface area contributed by atoms with Gasteiger partial charge in [-0.2, -0.15) is 0 Å². The molecule has 3 rings (SSSR count). The summed E-state index contributed by atoms with van der Waals surface area (Å²) in [6.07, 6.45) is 1.77. The van der Waals surface area contributed by atoms with E-state index in [0.717, 1.165) is 21.3 Å². The number of aromatic nitrogens is 2. The van der Waals surface area contributed by atoms with Crippen LogP contribution in [0, 0.1) is 19.7 Å². The van der Waals surface area contributed by atoms with E-state index >= 15 is 0 Å². The second-order valence-corrected chi connectivity index (χ2v) is 7.79. The van der Waals surface area contributed by atoms with Crippen LogP contribution in [0.3, 0.4) is 0 Å². The lowest BCUT2D eigenvalue weighted by Crippen LogP contribution is -2.29. The number of rotatable bonds is 5. The molecule has 156 valence electrons. The zero-order chi connectivity index (χ0) is 22.0. The van der Waals surface area contributed by atoms with Crippen molar-refractivity contribution >= 4 is 17.7 Å². The Labute approximate surface area is 177 Å². The maximum absolute atomic E-state index is 13.6. The SMILES string of the molecule is CSc1cc(F)ccc1-c1nc(C(=O)NCc2ccc(C)c(C)c2)c(O)c(=O)n1C. The summed E-state index contributed by atoms with van der Waals surface area (Å²) in [5, 5.41) is 12.9. The van der Waals surface area contributed by atoms with Crippen LogP contribution in [0.25, 0.3) is 11.4 Å². The van der Waals surface area contributed by atoms with E-state index < -0.39 is 23.0 Å². The molecular formula is C22H22FN3O3S. The normalized spacial score (nSPS) is 10.8. The van der Waals surface area contributed by atoms with Gasteiger partial charge >= 0.3 is 0 Å². The Bertz CT molecular complexity index is 1190. The van der Waals surface area contributed by atoms with Gasteiger partial charge in [0.15, 0.2) is 5.69 Å². The highest BCUT2D eigenvalue weighted by Crippen LogP contribution is 2.30. The summed E-state index contributed by atoms with van der Waals surface area (Å²) in [7, 11) is 1.44. The highest BCUT2D eigenvalue weighted by Gasteiger charge is 2.22. The number of aromatic hydroxyl groups is 1. The quantitative estimate of drug-likeness (QED) is 0.609. The minimum absolute atomic E-state index is 0.165. The first kappa shape index (κ1) is 21.6. The Morgan fingerprint density at radius 2 is 1.93 bits per heavy atom. The molecule has 0 saturated heterocycles. The van der Waals surface area contributed by atoms with E-state index in [2.05, 4.69) is 10.3 Å². The number of thioether (sulfide) groups is 1. The van der Waals surface area contributed by atoms with Crippen LogP contribution >= 0.6 is 11.8 Å². The highest BCUT2D eigenvalue weighted by molar-refractivity contribution is 7.98. The van der Waals surface area contributed by atoms with Gasteiger partial charge in [-0.15, -0.1) is 11.8 Å². The van der Waals surface area contributed by atoms with Gasteiger partial charge in [0, 0.05) is 24.1 Å². The monoisotopic (exact) mass is 427 g/mol. The topological polar surface area (TPSA) is 84.2 Å². The zero-order valence-corrected chi connectivity index (χ0v) is 17.9. The first-order valence-corrected chi connectivity index (χ1v) is 10.4. The summed E-state index contributed by atoms with van der Waals surface area (Å²) in [6.45, 7) is 4.20. The number of carbonyl (C=O) groups excluding carboxylic acids is 1. The van der Waals surface area contributed by atoms with E-state index in [1.54, 1.807) is 6.26 Å². The maximum atomic E-state index is 13.6. The molecule has 0 fully saturated rings. The van der Waals surface area contributed by atoms with Gasteiger partial charge in [-0.3, -0.25) is 14.2 Å². The summed E-state index contributed by atoms with van der Waals surface area (Å²) >= 11 is 1.29. The number of aryl methyl sites for hydroxylation is 2. The third kappa shape index (κ3) is 4.23. The van der Waals surface area contributed by atoms with Crippen molar-refractivity contribution in [2.24, 2.45) is 7.05 Å². The average molecular weight is 428 g/mol. The molecule has 1 aromatic heterocycles. The molecular weight excluding hydrogens is 405 g/mol. The molecule has 0 unspecified atom stereocenters. The van der Waals surface area contributed by atoms with E-state index in [1.165, 1.54) is 37.0 Å². The number of carbonyl (C=O) groups is 1. The van der Waals surface area contributed by atoms with E-state index in [4.69, 9.17) is 0 Å². The van der Waals surface area contributed by atoms with Crippen LogP contribution < -0.4 is 10.9 Å². The molecule has 0 spiro atoms. The predicted octanol–water partition coefficient (Wildman–Crippen LogP) is 3.56. The van der Waals surface area contributed by atoms with Crippen LogP contribution in [0.5, 0.6) is 5.75 Å². The molecule has 1 heterocycles. The van der Waals surface area contributed by atoms with Crippen LogP contribution in [0.15, 0.2) is 46.1 Å². The van der Waals surface area contributed by atoms with Crippen LogP contribution in [-0.2, 0) is 13.6 Å². The lowest BCUT2D eigenvalue weighted by molar-refractivity contribution is 0.0942. The number of nitrogens with one attached hydrogen (secondary N) is 1. The molecule has 0 radical (unpaired) electrons. The van der Waals surface area contributed by atoms with E-state index in [9.17, 15) is 19.1 Å². The van der Waals surface area contributed by atoms with Crippen molar-refractivity contribution in [1.29, 1.82) is 0 Å². The molecule has 0 aliphatic carbocycles. The number of hydrogen-bond acceptors (Lipinski definition) is 5. The number of nitrogens with zero attached hydrogens (tertiary/aromatic N) is 2. The number of amides is 1. The second kappa shape index (κ2) is 8.71. The van der Waals surface area contributed by atoms with Crippen LogP contribution in [-0.4, -0.2) is 26.8 Å². The molecule has 30 heavy (non-hydrogen) atoms. The molecule has 8 heteroatoms. The Morgan fingerprint density at radius 1 is 1.20 bits per heavy atom. The Balaban J connectivity index is 1.98. The first-order valence-electron chi connectivity index (χ1n) is 9.21. The maximum Gasteiger partial charge on any atom is 0.296 e. The van der Waals surface area contributed by atoms with Crippen LogP contribution in [0.4, 0.5) is 4.39 Å². The third-order valence-corrected chi connectivity index (χ3v) is 5.69. The highest BCUT2D eigenvalue weighted by atomic mass is 32.2. The van der Waals surface area contributed by atoms with Crippen LogP contribution in [0.2, 0.25) is 0 Å². The van der Waals surface area contributed by atoms with Gasteiger partial charge < -0.3 is 10.4 Å². The van der Waals surface area contributed by atoms with Gasteiger partial charge in [0.25, 0.3) is 11.5 Å². The molecule has 1 amide bonds. The zero-order valence-electron chi connectivity index (χ0n) is 17.1. The molecule has 3 aromatic rings. The van der Waals surface area contributed by atoms with Crippen molar-refractivity contribution in [1.82, 2.24) is 14.9 Å². The van der Waals surface area contributed by atoms with Crippen molar-refractivity contribution in [3.05, 3.63) is 75.0 Å². The van der Waals surface area contributed by atoms with Crippen molar-refractivity contribution in [3.8, 4) is 17.1 Å². The standard InChI is InChI=1S/C22H22FN3O3S/c1-12-5-6-14(9-13(12)2)11-24-21(28)18-19(27)22(29)26(3)20(25-18)16-8-7-15(23)10-17(16)30-4/h5-10,27H,11H2,1-4H3,(H,24,28). The van der Waals surface area contributed by atoms with Gasteiger partial charge in [-0.1, -0.05) is 18.2 Å². The number of hydrogen-bond donors (Lipinski definition) is 2. The smallest absolute Gasteiger partial charge is 0.296 e. The Morgan fingerprint density at radius 3 is 2.60 bits per heavy atom.